The summed E-state index contributed by atoms with van der Waals surface area (Å²) in [5, 5.41) is 12.2. The maximum absolute atomic E-state index is 12.6. The second-order valence-electron chi connectivity index (χ2n) is 4.30. The Balaban J connectivity index is 2.68. The summed E-state index contributed by atoms with van der Waals surface area (Å²) in [6, 6.07) is 0. The lowest BCUT2D eigenvalue weighted by Crippen LogP contribution is -2.53. The number of halogens is 3. The van der Waals surface area contributed by atoms with Gasteiger partial charge in [0, 0.05) is 5.54 Å². The second-order valence-corrected chi connectivity index (χ2v) is 4.30. The molecule has 0 spiro atoms. The maximum Gasteiger partial charge on any atom is 0.391 e. The van der Waals surface area contributed by atoms with Gasteiger partial charge in [0.05, 0.1) is 12.5 Å². The Morgan fingerprint density at radius 3 is 2.60 bits per heavy atom. The molecule has 15 heavy (non-hydrogen) atoms. The SMILES string of the molecule is CCNC1(CO)CCCC(C(F)(F)F)C1. The van der Waals surface area contributed by atoms with E-state index in [-0.39, 0.29) is 19.4 Å². The van der Waals surface area contributed by atoms with Crippen molar-refractivity contribution in [1.29, 1.82) is 0 Å². The van der Waals surface area contributed by atoms with Crippen molar-refractivity contribution in [3.05, 3.63) is 0 Å². The summed E-state index contributed by atoms with van der Waals surface area (Å²) in [7, 11) is 0. The van der Waals surface area contributed by atoms with Gasteiger partial charge >= 0.3 is 6.18 Å². The lowest BCUT2D eigenvalue weighted by molar-refractivity contribution is -0.189. The molecule has 0 aromatic carbocycles. The molecular formula is C10H18F3NO. The van der Waals surface area contributed by atoms with Crippen molar-refractivity contribution in [3.63, 3.8) is 0 Å². The molecule has 0 saturated heterocycles. The summed E-state index contributed by atoms with van der Waals surface area (Å²) in [4.78, 5) is 0. The van der Waals surface area contributed by atoms with E-state index in [0.717, 1.165) is 0 Å². The van der Waals surface area contributed by atoms with E-state index in [1.807, 2.05) is 6.92 Å². The van der Waals surface area contributed by atoms with Crippen LogP contribution in [-0.4, -0.2) is 30.0 Å². The minimum absolute atomic E-state index is 0.000833. The van der Waals surface area contributed by atoms with Crippen LogP contribution in [0.25, 0.3) is 0 Å². The Kier molecular flexibility index (Phi) is 4.00. The van der Waals surface area contributed by atoms with Crippen molar-refractivity contribution in [2.24, 2.45) is 5.92 Å². The molecule has 1 saturated carbocycles. The molecule has 2 nitrogen and oxygen atoms in total. The molecule has 0 aromatic rings. The summed E-state index contributed by atoms with van der Waals surface area (Å²) in [6.45, 7) is 2.22. The maximum atomic E-state index is 12.6. The Bertz CT molecular complexity index is 203. The van der Waals surface area contributed by atoms with Crippen LogP contribution in [0.15, 0.2) is 0 Å². The van der Waals surface area contributed by atoms with Crippen molar-refractivity contribution in [2.45, 2.75) is 44.3 Å². The third kappa shape index (κ3) is 3.08. The summed E-state index contributed by atoms with van der Waals surface area (Å²) in [5.74, 6) is -1.27. The fraction of sp³-hybridized carbons (Fsp3) is 1.00. The lowest BCUT2D eigenvalue weighted by Gasteiger charge is -2.40. The Morgan fingerprint density at radius 2 is 2.13 bits per heavy atom. The monoisotopic (exact) mass is 225 g/mol. The van der Waals surface area contributed by atoms with Crippen LogP contribution in [0.5, 0.6) is 0 Å². The third-order valence-electron chi connectivity index (χ3n) is 3.16. The molecule has 5 heteroatoms. The topological polar surface area (TPSA) is 32.3 Å². The fourth-order valence-electron chi connectivity index (χ4n) is 2.38. The smallest absolute Gasteiger partial charge is 0.391 e. The largest absolute Gasteiger partial charge is 0.394 e. The van der Waals surface area contributed by atoms with E-state index < -0.39 is 17.6 Å². The van der Waals surface area contributed by atoms with E-state index in [4.69, 9.17) is 0 Å². The highest BCUT2D eigenvalue weighted by Gasteiger charge is 2.47. The summed E-state index contributed by atoms with van der Waals surface area (Å²) < 4.78 is 37.7. The molecule has 0 bridgehead atoms. The fourth-order valence-corrected chi connectivity index (χ4v) is 2.38. The molecule has 0 aromatic heterocycles. The normalized spacial score (nSPS) is 33.0. The van der Waals surface area contributed by atoms with Crippen LogP contribution in [0.1, 0.15) is 32.6 Å². The van der Waals surface area contributed by atoms with E-state index in [1.54, 1.807) is 0 Å². The van der Waals surface area contributed by atoms with Gasteiger partial charge in [0.25, 0.3) is 0 Å². The van der Waals surface area contributed by atoms with Crippen LogP contribution in [0.3, 0.4) is 0 Å². The van der Waals surface area contributed by atoms with E-state index in [0.29, 0.717) is 19.4 Å². The zero-order valence-corrected chi connectivity index (χ0v) is 8.90. The van der Waals surface area contributed by atoms with E-state index in [2.05, 4.69) is 5.32 Å². The molecule has 0 amide bonds. The molecule has 2 N–H and O–H groups in total. The number of rotatable bonds is 3. The van der Waals surface area contributed by atoms with Gasteiger partial charge in [-0.05, 0) is 25.8 Å². The number of aliphatic hydroxyl groups is 1. The zero-order valence-electron chi connectivity index (χ0n) is 8.90. The first-order valence-electron chi connectivity index (χ1n) is 5.36. The van der Waals surface area contributed by atoms with Gasteiger partial charge in [0.1, 0.15) is 0 Å². The molecule has 0 radical (unpaired) electrons. The van der Waals surface area contributed by atoms with Crippen molar-refractivity contribution >= 4 is 0 Å². The first kappa shape index (κ1) is 12.8. The van der Waals surface area contributed by atoms with Gasteiger partial charge in [0.2, 0.25) is 0 Å². The van der Waals surface area contributed by atoms with Crippen LogP contribution in [-0.2, 0) is 0 Å². The first-order valence-corrected chi connectivity index (χ1v) is 5.36. The molecule has 2 atom stereocenters. The Hall–Kier alpha value is -0.290. The van der Waals surface area contributed by atoms with Crippen LogP contribution in [0.4, 0.5) is 13.2 Å². The van der Waals surface area contributed by atoms with Gasteiger partial charge in [-0.3, -0.25) is 0 Å². The molecule has 1 aliphatic rings. The minimum Gasteiger partial charge on any atom is -0.394 e. The lowest BCUT2D eigenvalue weighted by atomic mass is 9.75. The summed E-state index contributed by atoms with van der Waals surface area (Å²) in [6.07, 6.45) is -2.78. The van der Waals surface area contributed by atoms with Gasteiger partial charge in [0.15, 0.2) is 0 Å². The highest BCUT2D eigenvalue weighted by Crippen LogP contribution is 2.41. The van der Waals surface area contributed by atoms with Crippen molar-refractivity contribution in [2.75, 3.05) is 13.2 Å². The van der Waals surface area contributed by atoms with Gasteiger partial charge < -0.3 is 10.4 Å². The van der Waals surface area contributed by atoms with E-state index >= 15 is 0 Å². The highest BCUT2D eigenvalue weighted by molar-refractivity contribution is 4.94. The third-order valence-corrected chi connectivity index (χ3v) is 3.16. The average molecular weight is 225 g/mol. The number of alkyl halides is 3. The summed E-state index contributed by atoms with van der Waals surface area (Å²) in [5.41, 5.74) is -0.715. The van der Waals surface area contributed by atoms with Crippen LogP contribution in [0.2, 0.25) is 0 Å². The summed E-state index contributed by atoms with van der Waals surface area (Å²) >= 11 is 0. The standard InChI is InChI=1S/C10H18F3NO/c1-2-14-9(7-15)5-3-4-8(6-9)10(11,12)13/h8,14-15H,2-7H2,1H3. The van der Waals surface area contributed by atoms with Crippen molar-refractivity contribution in [1.82, 2.24) is 5.32 Å². The van der Waals surface area contributed by atoms with E-state index in [1.165, 1.54) is 0 Å². The predicted molar refractivity (Wildman–Crippen MR) is 51.5 cm³/mol. The number of likely N-dealkylation sites (N-methyl/N-ethyl adjacent to an activating group) is 1. The highest BCUT2D eigenvalue weighted by atomic mass is 19.4. The van der Waals surface area contributed by atoms with Crippen LogP contribution >= 0.6 is 0 Å². The number of hydrogen-bond acceptors (Lipinski definition) is 2. The van der Waals surface area contributed by atoms with Gasteiger partial charge in [-0.25, -0.2) is 0 Å². The number of aliphatic hydroxyl groups excluding tert-OH is 1. The Morgan fingerprint density at radius 1 is 1.47 bits per heavy atom. The second kappa shape index (κ2) is 4.70. The molecular weight excluding hydrogens is 207 g/mol. The van der Waals surface area contributed by atoms with Gasteiger partial charge in [-0.1, -0.05) is 13.3 Å². The quantitative estimate of drug-likeness (QED) is 0.770. The predicted octanol–water partition coefficient (Wildman–Crippen LogP) is 2.08. The van der Waals surface area contributed by atoms with E-state index in [9.17, 15) is 18.3 Å². The minimum atomic E-state index is -4.13. The zero-order chi connectivity index (χ0) is 11.5. The number of hydrogen-bond donors (Lipinski definition) is 2. The first-order chi connectivity index (χ1) is 6.93. The number of nitrogens with one attached hydrogen (secondary N) is 1. The van der Waals surface area contributed by atoms with Crippen LogP contribution < -0.4 is 5.32 Å². The molecule has 0 aliphatic heterocycles. The molecule has 2 unspecified atom stereocenters. The molecule has 1 aliphatic carbocycles. The average Bonchev–Trinajstić information content (AvgIpc) is 2.17. The molecule has 90 valence electrons. The Labute approximate surface area is 87.9 Å². The molecule has 1 fully saturated rings. The molecule has 1 rings (SSSR count). The van der Waals surface area contributed by atoms with Crippen molar-refractivity contribution < 1.29 is 18.3 Å². The van der Waals surface area contributed by atoms with Gasteiger partial charge in [-0.15, -0.1) is 0 Å². The van der Waals surface area contributed by atoms with Gasteiger partial charge in [-0.2, -0.15) is 13.2 Å². The van der Waals surface area contributed by atoms with Crippen LogP contribution in [0, 0.1) is 5.92 Å². The molecule has 0 heterocycles. The van der Waals surface area contributed by atoms with Crippen molar-refractivity contribution in [3.8, 4) is 0 Å².